The van der Waals surface area contributed by atoms with E-state index in [2.05, 4.69) is 22.6 Å². The van der Waals surface area contributed by atoms with E-state index in [1.54, 1.807) is 18.2 Å². The molecule has 0 bridgehead atoms. The van der Waals surface area contributed by atoms with Crippen LogP contribution in [0.2, 0.25) is 0 Å². The molecule has 0 N–H and O–H groups in total. The Morgan fingerprint density at radius 2 is 1.76 bits per heavy atom. The summed E-state index contributed by atoms with van der Waals surface area (Å²) in [6, 6.07) is 11.8. The molecule has 0 unspecified atom stereocenters. The predicted molar refractivity (Wildman–Crippen MR) is 74.6 cm³/mol. The summed E-state index contributed by atoms with van der Waals surface area (Å²) in [5.74, 6) is -0.226. The summed E-state index contributed by atoms with van der Waals surface area (Å²) in [4.78, 5) is 11.3. The van der Waals surface area contributed by atoms with E-state index >= 15 is 0 Å². The summed E-state index contributed by atoms with van der Waals surface area (Å²) >= 11 is 2.21. The van der Waals surface area contributed by atoms with Gasteiger partial charge in [0.1, 0.15) is 5.82 Å². The lowest BCUT2D eigenvalue weighted by Gasteiger charge is -2.06. The molecule has 17 heavy (non-hydrogen) atoms. The van der Waals surface area contributed by atoms with E-state index in [4.69, 9.17) is 0 Å². The highest BCUT2D eigenvalue weighted by atomic mass is 127. The summed E-state index contributed by atoms with van der Waals surface area (Å²) in [6.07, 6.45) is 0. The molecule has 0 radical (unpaired) electrons. The highest BCUT2D eigenvalue weighted by Crippen LogP contribution is 2.26. The fourth-order valence-electron chi connectivity index (χ4n) is 1.59. The molecule has 0 amide bonds. The summed E-state index contributed by atoms with van der Waals surface area (Å²) in [7, 11) is 0. The van der Waals surface area contributed by atoms with Gasteiger partial charge in [-0.05, 0) is 64.9 Å². The zero-order valence-corrected chi connectivity index (χ0v) is 11.4. The molecule has 0 aliphatic carbocycles. The molecule has 0 aliphatic rings. The molecule has 0 spiro atoms. The summed E-state index contributed by atoms with van der Waals surface area (Å²) in [5, 5.41) is 0. The van der Waals surface area contributed by atoms with Gasteiger partial charge >= 0.3 is 0 Å². The van der Waals surface area contributed by atoms with Crippen LogP contribution in [0.25, 0.3) is 11.1 Å². The second kappa shape index (κ2) is 4.96. The third-order valence-corrected chi connectivity index (χ3v) is 3.47. The average molecular weight is 340 g/mol. The van der Waals surface area contributed by atoms with E-state index in [0.717, 1.165) is 14.7 Å². The van der Waals surface area contributed by atoms with Crippen molar-refractivity contribution in [1.82, 2.24) is 0 Å². The molecule has 0 saturated carbocycles. The molecule has 0 atom stereocenters. The molecule has 0 saturated heterocycles. The van der Waals surface area contributed by atoms with Crippen LogP contribution in [0.15, 0.2) is 42.5 Å². The van der Waals surface area contributed by atoms with Crippen LogP contribution in [0.4, 0.5) is 4.39 Å². The first-order valence-electron chi connectivity index (χ1n) is 5.14. The second-order valence-corrected chi connectivity index (χ2v) is 4.92. The van der Waals surface area contributed by atoms with Gasteiger partial charge in [0.2, 0.25) is 0 Å². The minimum Gasteiger partial charge on any atom is -0.295 e. The van der Waals surface area contributed by atoms with Crippen molar-refractivity contribution in [2.75, 3.05) is 0 Å². The van der Waals surface area contributed by atoms with Crippen molar-refractivity contribution in [2.45, 2.75) is 6.92 Å². The lowest BCUT2D eigenvalue weighted by molar-refractivity contribution is 0.101. The molecule has 0 fully saturated rings. The Hall–Kier alpha value is -1.23. The number of ketones is 1. The van der Waals surface area contributed by atoms with Crippen LogP contribution in [-0.4, -0.2) is 5.78 Å². The second-order valence-electron chi connectivity index (χ2n) is 3.76. The lowest BCUT2D eigenvalue weighted by Crippen LogP contribution is -1.94. The maximum atomic E-state index is 12.9. The minimum absolute atomic E-state index is 0.0322. The van der Waals surface area contributed by atoms with Gasteiger partial charge in [-0.2, -0.15) is 0 Å². The molecule has 86 valence electrons. The van der Waals surface area contributed by atoms with Gasteiger partial charge in [-0.25, -0.2) is 4.39 Å². The Kier molecular flexibility index (Phi) is 3.57. The molecular formula is C14H10FIO. The van der Waals surface area contributed by atoms with Crippen molar-refractivity contribution in [3.8, 4) is 11.1 Å². The minimum atomic E-state index is -0.258. The fraction of sp³-hybridized carbons (Fsp3) is 0.0714. The summed E-state index contributed by atoms with van der Waals surface area (Å²) < 4.78 is 13.9. The van der Waals surface area contributed by atoms with E-state index in [-0.39, 0.29) is 11.6 Å². The normalized spacial score (nSPS) is 10.3. The van der Waals surface area contributed by atoms with Crippen molar-refractivity contribution < 1.29 is 9.18 Å². The van der Waals surface area contributed by atoms with Gasteiger partial charge in [0, 0.05) is 9.13 Å². The van der Waals surface area contributed by atoms with Crippen LogP contribution in [0.3, 0.4) is 0 Å². The van der Waals surface area contributed by atoms with Crippen LogP contribution in [-0.2, 0) is 0 Å². The SMILES string of the molecule is CC(=O)c1ccc(I)c(-c2ccc(F)cc2)c1. The first-order chi connectivity index (χ1) is 8.08. The van der Waals surface area contributed by atoms with E-state index in [1.807, 2.05) is 12.1 Å². The molecule has 0 aliphatic heterocycles. The standard InChI is InChI=1S/C14H10FIO/c1-9(17)11-4-7-14(16)13(8-11)10-2-5-12(15)6-3-10/h2-8H,1H3. The first-order valence-corrected chi connectivity index (χ1v) is 6.22. The van der Waals surface area contributed by atoms with Gasteiger partial charge in [0.25, 0.3) is 0 Å². The third kappa shape index (κ3) is 2.72. The Morgan fingerprint density at radius 3 is 2.35 bits per heavy atom. The smallest absolute Gasteiger partial charge is 0.159 e. The van der Waals surface area contributed by atoms with Crippen molar-refractivity contribution in [2.24, 2.45) is 0 Å². The Labute approximate surface area is 113 Å². The molecule has 0 aromatic heterocycles. The molecular weight excluding hydrogens is 330 g/mol. The van der Waals surface area contributed by atoms with Gasteiger partial charge in [-0.1, -0.05) is 18.2 Å². The maximum Gasteiger partial charge on any atom is 0.159 e. The quantitative estimate of drug-likeness (QED) is 0.589. The lowest BCUT2D eigenvalue weighted by atomic mass is 10.0. The average Bonchev–Trinajstić information content (AvgIpc) is 2.31. The van der Waals surface area contributed by atoms with Gasteiger partial charge in [-0.3, -0.25) is 4.79 Å². The van der Waals surface area contributed by atoms with Crippen molar-refractivity contribution in [3.63, 3.8) is 0 Å². The van der Waals surface area contributed by atoms with E-state index < -0.39 is 0 Å². The van der Waals surface area contributed by atoms with E-state index in [9.17, 15) is 9.18 Å². The van der Waals surface area contributed by atoms with Crippen LogP contribution in [0.5, 0.6) is 0 Å². The molecule has 0 heterocycles. The van der Waals surface area contributed by atoms with Crippen LogP contribution >= 0.6 is 22.6 Å². The number of halogens is 2. The predicted octanol–water partition coefficient (Wildman–Crippen LogP) is 4.30. The summed E-state index contributed by atoms with van der Waals surface area (Å²) in [6.45, 7) is 1.54. The van der Waals surface area contributed by atoms with Gasteiger partial charge in [-0.15, -0.1) is 0 Å². The number of rotatable bonds is 2. The number of Topliss-reactive ketones (excluding diaryl/α,β-unsaturated/α-hetero) is 1. The Morgan fingerprint density at radius 1 is 1.12 bits per heavy atom. The highest BCUT2D eigenvalue weighted by molar-refractivity contribution is 14.1. The molecule has 2 rings (SSSR count). The number of hydrogen-bond donors (Lipinski definition) is 0. The largest absolute Gasteiger partial charge is 0.295 e. The van der Waals surface area contributed by atoms with Crippen molar-refractivity contribution in [1.29, 1.82) is 0 Å². The van der Waals surface area contributed by atoms with Crippen LogP contribution < -0.4 is 0 Å². The van der Waals surface area contributed by atoms with Gasteiger partial charge in [0.15, 0.2) is 5.78 Å². The number of carbonyl (C=O) groups is 1. The Bertz CT molecular complexity index is 561. The highest BCUT2D eigenvalue weighted by Gasteiger charge is 2.07. The van der Waals surface area contributed by atoms with E-state index in [0.29, 0.717) is 5.56 Å². The molecule has 3 heteroatoms. The molecule has 1 nitrogen and oxygen atoms in total. The van der Waals surface area contributed by atoms with Crippen molar-refractivity contribution >= 4 is 28.4 Å². The number of hydrogen-bond acceptors (Lipinski definition) is 1. The van der Waals surface area contributed by atoms with Crippen LogP contribution in [0, 0.1) is 9.39 Å². The topological polar surface area (TPSA) is 17.1 Å². The number of carbonyl (C=O) groups excluding carboxylic acids is 1. The zero-order valence-electron chi connectivity index (χ0n) is 9.21. The van der Waals surface area contributed by atoms with Crippen molar-refractivity contribution in [3.05, 3.63) is 57.4 Å². The zero-order chi connectivity index (χ0) is 12.4. The van der Waals surface area contributed by atoms with Gasteiger partial charge < -0.3 is 0 Å². The fourth-order valence-corrected chi connectivity index (χ4v) is 2.24. The molecule has 2 aromatic carbocycles. The number of benzene rings is 2. The van der Waals surface area contributed by atoms with E-state index in [1.165, 1.54) is 19.1 Å². The third-order valence-electron chi connectivity index (χ3n) is 2.53. The van der Waals surface area contributed by atoms with Crippen LogP contribution in [0.1, 0.15) is 17.3 Å². The monoisotopic (exact) mass is 340 g/mol. The molecule has 2 aromatic rings. The first kappa shape index (κ1) is 12.2. The Balaban J connectivity index is 2.54. The maximum absolute atomic E-state index is 12.9. The summed E-state index contributed by atoms with van der Waals surface area (Å²) in [5.41, 5.74) is 2.54. The van der Waals surface area contributed by atoms with Gasteiger partial charge in [0.05, 0.1) is 0 Å².